The average molecular weight is 532 g/mol. The van der Waals surface area contributed by atoms with Gasteiger partial charge in [0.1, 0.15) is 11.6 Å². The lowest BCUT2D eigenvalue weighted by atomic mass is 10.0. The minimum atomic E-state index is -1.07. The van der Waals surface area contributed by atoms with Crippen molar-refractivity contribution in [2.24, 2.45) is 5.73 Å². The Kier molecular flexibility index (Phi) is 9.77. The average Bonchev–Trinajstić information content (AvgIpc) is 2.91. The minimum Gasteiger partial charge on any atom is -0.444 e. The van der Waals surface area contributed by atoms with Gasteiger partial charge in [0.25, 0.3) is 17.7 Å². The largest absolute Gasteiger partial charge is 0.444 e. The smallest absolute Gasteiger partial charge is 0.408 e. The van der Waals surface area contributed by atoms with E-state index in [9.17, 15) is 19.2 Å². The highest BCUT2D eigenvalue weighted by molar-refractivity contribution is 6.04. The van der Waals surface area contributed by atoms with Crippen LogP contribution < -0.4 is 27.2 Å². The van der Waals surface area contributed by atoms with Crippen LogP contribution in [0, 0.1) is 0 Å². The van der Waals surface area contributed by atoms with Gasteiger partial charge in [0.2, 0.25) is 0 Å². The zero-order valence-corrected chi connectivity index (χ0v) is 22.1. The van der Waals surface area contributed by atoms with Gasteiger partial charge in [0.05, 0.1) is 0 Å². The third-order valence-corrected chi connectivity index (χ3v) is 5.45. The van der Waals surface area contributed by atoms with Gasteiger partial charge < -0.3 is 21.1 Å². The van der Waals surface area contributed by atoms with E-state index < -0.39 is 29.6 Å². The van der Waals surface area contributed by atoms with Crippen molar-refractivity contribution in [1.82, 2.24) is 16.2 Å². The Hall–Kier alpha value is -4.70. The molecule has 10 heteroatoms. The SMILES string of the molecule is CC(C)(C)OC(=O)N[C@H](Cc1ccc(NC(=O)c2ccccc2)cc1)C(=O)NNC(=O)c1ccc(CN)cc1. The molecule has 0 aliphatic heterocycles. The Balaban J connectivity index is 1.66. The molecule has 3 aromatic carbocycles. The Morgan fingerprint density at radius 1 is 0.769 bits per heavy atom. The number of nitrogens with two attached hydrogens (primary N) is 1. The van der Waals surface area contributed by atoms with Crippen molar-refractivity contribution in [3.63, 3.8) is 0 Å². The van der Waals surface area contributed by atoms with Crippen molar-refractivity contribution in [2.75, 3.05) is 5.32 Å². The Labute approximate surface area is 227 Å². The Bertz CT molecular complexity index is 1290. The second-order valence-electron chi connectivity index (χ2n) is 9.76. The zero-order chi connectivity index (χ0) is 28.4. The van der Waals surface area contributed by atoms with Crippen LogP contribution in [0.3, 0.4) is 0 Å². The normalized spacial score (nSPS) is 11.6. The van der Waals surface area contributed by atoms with Crippen molar-refractivity contribution < 1.29 is 23.9 Å². The van der Waals surface area contributed by atoms with Crippen LogP contribution in [0.4, 0.5) is 10.5 Å². The van der Waals surface area contributed by atoms with Crippen LogP contribution in [0.25, 0.3) is 0 Å². The number of alkyl carbamates (subject to hydrolysis) is 1. The summed E-state index contributed by atoms with van der Waals surface area (Å²) in [6.07, 6.45) is -0.683. The predicted molar refractivity (Wildman–Crippen MR) is 148 cm³/mol. The molecule has 0 aromatic heterocycles. The van der Waals surface area contributed by atoms with Crippen LogP contribution in [-0.2, 0) is 22.5 Å². The van der Waals surface area contributed by atoms with Crippen LogP contribution in [0.15, 0.2) is 78.9 Å². The molecule has 0 fully saturated rings. The van der Waals surface area contributed by atoms with Gasteiger partial charge in [-0.25, -0.2) is 4.79 Å². The first-order chi connectivity index (χ1) is 18.5. The molecule has 0 bridgehead atoms. The molecular weight excluding hydrogens is 498 g/mol. The Morgan fingerprint density at radius 2 is 1.36 bits per heavy atom. The van der Waals surface area contributed by atoms with Crippen molar-refractivity contribution in [1.29, 1.82) is 0 Å². The predicted octanol–water partition coefficient (Wildman–Crippen LogP) is 3.29. The Morgan fingerprint density at radius 3 is 1.95 bits per heavy atom. The second kappa shape index (κ2) is 13.2. The summed E-state index contributed by atoms with van der Waals surface area (Å²) in [6, 6.07) is 21.2. The van der Waals surface area contributed by atoms with E-state index in [1.165, 1.54) is 0 Å². The maximum atomic E-state index is 13.0. The van der Waals surface area contributed by atoms with E-state index in [4.69, 9.17) is 10.5 Å². The van der Waals surface area contributed by atoms with Gasteiger partial charge in [-0.2, -0.15) is 0 Å². The molecule has 0 saturated heterocycles. The number of nitrogens with one attached hydrogen (secondary N) is 4. The molecule has 4 amide bonds. The quantitative estimate of drug-likeness (QED) is 0.281. The number of rotatable bonds is 8. The van der Waals surface area contributed by atoms with Gasteiger partial charge in [-0.3, -0.25) is 25.2 Å². The molecular formula is C29H33N5O5. The van der Waals surface area contributed by atoms with Gasteiger partial charge in [-0.1, -0.05) is 42.5 Å². The van der Waals surface area contributed by atoms with Gasteiger partial charge in [0, 0.05) is 29.8 Å². The second-order valence-corrected chi connectivity index (χ2v) is 9.76. The van der Waals surface area contributed by atoms with Gasteiger partial charge in [-0.05, 0) is 68.3 Å². The molecule has 6 N–H and O–H groups in total. The third kappa shape index (κ3) is 9.28. The van der Waals surface area contributed by atoms with Crippen LogP contribution in [0.2, 0.25) is 0 Å². The first-order valence-corrected chi connectivity index (χ1v) is 12.4. The summed E-state index contributed by atoms with van der Waals surface area (Å²) in [5.74, 6) is -1.42. The molecule has 0 spiro atoms. The number of hydrazine groups is 1. The molecule has 204 valence electrons. The summed E-state index contributed by atoms with van der Waals surface area (Å²) in [7, 11) is 0. The molecule has 3 rings (SSSR count). The number of carbonyl (C=O) groups excluding carboxylic acids is 4. The maximum Gasteiger partial charge on any atom is 0.408 e. The van der Waals surface area contributed by atoms with E-state index in [2.05, 4.69) is 21.5 Å². The molecule has 0 radical (unpaired) electrons. The lowest BCUT2D eigenvalue weighted by Crippen LogP contribution is -2.53. The highest BCUT2D eigenvalue weighted by atomic mass is 16.6. The number of amides is 4. The minimum absolute atomic E-state index is 0.0963. The topological polar surface area (TPSA) is 152 Å². The number of ether oxygens (including phenoxy) is 1. The summed E-state index contributed by atoms with van der Waals surface area (Å²) in [5.41, 5.74) is 12.5. The summed E-state index contributed by atoms with van der Waals surface area (Å²) in [5, 5.41) is 5.37. The summed E-state index contributed by atoms with van der Waals surface area (Å²) in [4.78, 5) is 50.3. The number of hydrogen-bond donors (Lipinski definition) is 5. The maximum absolute atomic E-state index is 13.0. The highest BCUT2D eigenvalue weighted by Crippen LogP contribution is 2.14. The van der Waals surface area contributed by atoms with Crippen LogP contribution in [-0.4, -0.2) is 35.5 Å². The number of benzene rings is 3. The van der Waals surface area contributed by atoms with E-state index >= 15 is 0 Å². The standard InChI is InChI=1S/C29H33N5O5/c1-29(2,3)39-28(38)32-24(27(37)34-33-26(36)22-13-9-20(18-30)10-14-22)17-19-11-15-23(16-12-19)31-25(35)21-7-5-4-6-8-21/h4-16,24H,17-18,30H2,1-3H3,(H,31,35)(H,32,38)(H,33,36)(H,34,37)/t24-/m1/s1. The molecule has 1 atom stereocenters. The van der Waals surface area contributed by atoms with Crippen LogP contribution in [0.1, 0.15) is 52.6 Å². The zero-order valence-electron chi connectivity index (χ0n) is 22.1. The molecule has 10 nitrogen and oxygen atoms in total. The van der Waals surface area contributed by atoms with Crippen molar-refractivity contribution >= 4 is 29.5 Å². The van der Waals surface area contributed by atoms with Crippen molar-refractivity contribution in [3.05, 3.63) is 101 Å². The summed E-state index contributed by atoms with van der Waals surface area (Å²) >= 11 is 0. The number of hydrogen-bond acceptors (Lipinski definition) is 6. The fraction of sp³-hybridized carbons (Fsp3) is 0.241. The van der Waals surface area contributed by atoms with E-state index in [-0.39, 0.29) is 12.3 Å². The number of carbonyl (C=O) groups is 4. The molecule has 3 aromatic rings. The molecule has 39 heavy (non-hydrogen) atoms. The fourth-order valence-corrected chi connectivity index (χ4v) is 3.48. The number of anilines is 1. The third-order valence-electron chi connectivity index (χ3n) is 5.45. The molecule has 0 saturated carbocycles. The van der Waals surface area contributed by atoms with E-state index in [1.54, 1.807) is 93.6 Å². The highest BCUT2D eigenvalue weighted by Gasteiger charge is 2.25. The summed E-state index contributed by atoms with van der Waals surface area (Å²) in [6.45, 7) is 5.47. The monoisotopic (exact) mass is 531 g/mol. The van der Waals surface area contributed by atoms with E-state index in [0.29, 0.717) is 28.9 Å². The summed E-state index contributed by atoms with van der Waals surface area (Å²) < 4.78 is 5.30. The molecule has 0 aliphatic rings. The first-order valence-electron chi connectivity index (χ1n) is 12.4. The lowest BCUT2D eigenvalue weighted by Gasteiger charge is -2.23. The van der Waals surface area contributed by atoms with Crippen LogP contribution >= 0.6 is 0 Å². The molecule has 0 aliphatic carbocycles. The van der Waals surface area contributed by atoms with Gasteiger partial charge in [-0.15, -0.1) is 0 Å². The van der Waals surface area contributed by atoms with Gasteiger partial charge >= 0.3 is 6.09 Å². The van der Waals surface area contributed by atoms with Crippen LogP contribution in [0.5, 0.6) is 0 Å². The molecule has 0 unspecified atom stereocenters. The van der Waals surface area contributed by atoms with Crippen molar-refractivity contribution in [3.8, 4) is 0 Å². The molecule has 0 heterocycles. The van der Waals surface area contributed by atoms with Gasteiger partial charge in [0.15, 0.2) is 0 Å². The van der Waals surface area contributed by atoms with E-state index in [0.717, 1.165) is 5.56 Å². The first kappa shape index (κ1) is 28.9. The fourth-order valence-electron chi connectivity index (χ4n) is 3.48. The van der Waals surface area contributed by atoms with E-state index in [1.807, 2.05) is 6.07 Å². The lowest BCUT2D eigenvalue weighted by molar-refractivity contribution is -0.124. The van der Waals surface area contributed by atoms with Crippen molar-refractivity contribution in [2.45, 2.75) is 45.4 Å².